The molecule has 8 heterocycles. The summed E-state index contributed by atoms with van der Waals surface area (Å²) in [7, 11) is 5.20. The summed E-state index contributed by atoms with van der Waals surface area (Å²) in [5.41, 5.74) is 3.94. The highest BCUT2D eigenvalue weighted by Crippen LogP contribution is 2.39. The Morgan fingerprint density at radius 3 is 2.25 bits per heavy atom. The molecular formula is C43H52N10O6. The fourth-order valence-corrected chi connectivity index (χ4v) is 9.14. The maximum Gasteiger partial charge on any atom is 0.351 e. The molecule has 59 heavy (non-hydrogen) atoms. The van der Waals surface area contributed by atoms with Gasteiger partial charge in [0.25, 0.3) is 11.5 Å². The number of imide groups is 1. The number of ether oxygens (including phenoxy) is 2. The molecule has 1 atom stereocenters. The van der Waals surface area contributed by atoms with Crippen LogP contribution in [0.15, 0.2) is 58.5 Å². The Morgan fingerprint density at radius 1 is 0.831 bits per heavy atom. The van der Waals surface area contributed by atoms with Crippen LogP contribution in [-0.4, -0.2) is 118 Å². The van der Waals surface area contributed by atoms with Gasteiger partial charge in [-0.25, -0.2) is 9.78 Å². The zero-order valence-corrected chi connectivity index (χ0v) is 34.1. The molecule has 0 spiro atoms. The maximum absolute atomic E-state index is 13.1. The van der Waals surface area contributed by atoms with Gasteiger partial charge in [0.1, 0.15) is 23.4 Å². The molecule has 4 aliphatic heterocycles. The van der Waals surface area contributed by atoms with E-state index in [4.69, 9.17) is 9.47 Å². The maximum atomic E-state index is 13.1. The molecule has 16 heteroatoms. The molecule has 16 nitrogen and oxygen atoms in total. The van der Waals surface area contributed by atoms with E-state index in [1.165, 1.54) is 15.5 Å². The highest BCUT2D eigenvalue weighted by Gasteiger charge is 2.31. The van der Waals surface area contributed by atoms with Crippen LogP contribution in [0.4, 0.5) is 11.5 Å². The SMILES string of the molecule is COc1cc(-c2cn(C)c(=O)c3cnc(N4CCC4)cc23)cc(OC)c1CN1CCC(CCN2CCN(c3ccn4c(=O)n(C5CCC(=O)NC5=O)nc4c3)CC2)CC1. The van der Waals surface area contributed by atoms with E-state index in [1.54, 1.807) is 38.2 Å². The van der Waals surface area contributed by atoms with Crippen molar-refractivity contribution in [3.63, 3.8) is 0 Å². The van der Waals surface area contributed by atoms with E-state index < -0.39 is 11.9 Å². The molecule has 4 aromatic heterocycles. The van der Waals surface area contributed by atoms with Gasteiger partial charge in [-0.1, -0.05) is 0 Å². The molecule has 0 aliphatic carbocycles. The second kappa shape index (κ2) is 16.1. The number of aromatic nitrogens is 5. The number of carbonyl (C=O) groups excluding carboxylic acids is 2. The minimum atomic E-state index is -0.784. The van der Waals surface area contributed by atoms with Gasteiger partial charge in [0.05, 0.1) is 25.2 Å². The van der Waals surface area contributed by atoms with E-state index >= 15 is 0 Å². The number of benzene rings is 1. The number of anilines is 2. The summed E-state index contributed by atoms with van der Waals surface area (Å²) in [6, 6.07) is 9.25. The van der Waals surface area contributed by atoms with Crippen molar-refractivity contribution in [2.75, 3.05) is 82.9 Å². The van der Waals surface area contributed by atoms with Gasteiger partial charge in [0.2, 0.25) is 5.91 Å². The molecule has 4 fully saturated rings. The molecule has 4 aliphatic rings. The molecule has 1 N–H and O–H groups in total. The van der Waals surface area contributed by atoms with E-state index in [0.717, 1.165) is 130 Å². The third-order valence-corrected chi connectivity index (χ3v) is 12.9. The minimum absolute atomic E-state index is 0.0701. The molecule has 0 saturated carbocycles. The van der Waals surface area contributed by atoms with Crippen molar-refractivity contribution in [2.24, 2.45) is 13.0 Å². The molecule has 4 saturated heterocycles. The number of nitrogens with one attached hydrogen (secondary N) is 1. The number of carbonyl (C=O) groups is 2. The van der Waals surface area contributed by atoms with E-state index in [-0.39, 0.29) is 30.0 Å². The van der Waals surface area contributed by atoms with E-state index in [2.05, 4.69) is 47.1 Å². The van der Waals surface area contributed by atoms with Crippen LogP contribution in [0.25, 0.3) is 27.5 Å². The molecular weight excluding hydrogens is 753 g/mol. The molecule has 0 radical (unpaired) electrons. The Balaban J connectivity index is 0.795. The number of amides is 2. The summed E-state index contributed by atoms with van der Waals surface area (Å²) in [5.74, 6) is 2.30. The lowest BCUT2D eigenvalue weighted by atomic mass is 9.92. The summed E-state index contributed by atoms with van der Waals surface area (Å²) < 4.78 is 16.3. The molecule has 1 unspecified atom stereocenters. The van der Waals surface area contributed by atoms with Gasteiger partial charge in [0, 0.05) is 101 Å². The Hall–Kier alpha value is -5.74. The lowest BCUT2D eigenvalue weighted by molar-refractivity contribution is -0.136. The van der Waals surface area contributed by atoms with Gasteiger partial charge >= 0.3 is 5.69 Å². The number of likely N-dealkylation sites (tertiary alicyclic amines) is 1. The van der Waals surface area contributed by atoms with Crippen LogP contribution in [0, 0.1) is 5.92 Å². The summed E-state index contributed by atoms with van der Waals surface area (Å²) in [5, 5.41) is 8.26. The third kappa shape index (κ3) is 7.55. The highest BCUT2D eigenvalue weighted by atomic mass is 16.5. The van der Waals surface area contributed by atoms with E-state index in [1.807, 2.05) is 24.4 Å². The van der Waals surface area contributed by atoms with Gasteiger partial charge in [-0.3, -0.25) is 33.9 Å². The van der Waals surface area contributed by atoms with E-state index in [9.17, 15) is 19.2 Å². The van der Waals surface area contributed by atoms with Gasteiger partial charge in [0.15, 0.2) is 5.65 Å². The van der Waals surface area contributed by atoms with Crippen LogP contribution in [-0.2, 0) is 23.2 Å². The van der Waals surface area contributed by atoms with Crippen molar-refractivity contribution in [3.8, 4) is 22.6 Å². The van der Waals surface area contributed by atoms with Gasteiger partial charge < -0.3 is 23.8 Å². The first-order valence-electron chi connectivity index (χ1n) is 20.8. The van der Waals surface area contributed by atoms with Crippen LogP contribution >= 0.6 is 0 Å². The molecule has 9 rings (SSSR count). The number of pyridine rings is 3. The number of piperazine rings is 1. The zero-order chi connectivity index (χ0) is 40.8. The predicted octanol–water partition coefficient (Wildman–Crippen LogP) is 3.04. The van der Waals surface area contributed by atoms with Crippen molar-refractivity contribution < 1.29 is 19.1 Å². The summed E-state index contributed by atoms with van der Waals surface area (Å²) in [6.07, 6.45) is 10.4. The highest BCUT2D eigenvalue weighted by molar-refractivity contribution is 5.99. The fraction of sp³-hybridized carbons (Fsp3) is 0.488. The second-order valence-electron chi connectivity index (χ2n) is 16.4. The van der Waals surface area contributed by atoms with Crippen molar-refractivity contribution in [3.05, 3.63) is 75.3 Å². The number of piperidine rings is 2. The summed E-state index contributed by atoms with van der Waals surface area (Å²) >= 11 is 0. The lowest BCUT2D eigenvalue weighted by Crippen LogP contribution is -2.47. The second-order valence-corrected chi connectivity index (χ2v) is 16.4. The van der Waals surface area contributed by atoms with Crippen LogP contribution in [0.3, 0.4) is 0 Å². The number of hydrogen-bond acceptors (Lipinski definition) is 12. The topological polar surface area (TPSA) is 152 Å². The molecule has 1 aromatic carbocycles. The fourth-order valence-electron chi connectivity index (χ4n) is 9.14. The van der Waals surface area contributed by atoms with Crippen LogP contribution in [0.1, 0.15) is 50.1 Å². The van der Waals surface area contributed by atoms with Gasteiger partial charge in [-0.15, -0.1) is 5.10 Å². The van der Waals surface area contributed by atoms with E-state index in [0.29, 0.717) is 17.0 Å². The van der Waals surface area contributed by atoms with Crippen molar-refractivity contribution in [1.29, 1.82) is 0 Å². The number of hydrogen-bond donors (Lipinski definition) is 1. The van der Waals surface area contributed by atoms with Crippen LogP contribution in [0.2, 0.25) is 0 Å². The largest absolute Gasteiger partial charge is 0.496 e. The average molecular weight is 805 g/mol. The molecule has 5 aromatic rings. The number of nitrogens with zero attached hydrogens (tertiary/aromatic N) is 9. The predicted molar refractivity (Wildman–Crippen MR) is 224 cm³/mol. The standard InChI is InChI=1S/C43H52N10O6/c1-47-26-33(31-24-38(51-11-4-12-51)44-25-32(31)42(47)56)29-21-36(58-2)34(37(22-29)59-3)27-49-14-8-28(9-15-49)7-13-48-17-19-50(20-18-48)30-10-16-52-39(23-30)46-53(43(52)57)35-5-6-40(54)45-41(35)55/h10,16,21-26,28,35H,4-9,11-15,17-20,27H2,1-3H3,(H,45,54,55). The monoisotopic (exact) mass is 804 g/mol. The number of fused-ring (bicyclic) bond motifs is 2. The quantitative estimate of drug-likeness (QED) is 0.196. The van der Waals surface area contributed by atoms with Crippen molar-refractivity contribution >= 4 is 39.7 Å². The smallest absolute Gasteiger partial charge is 0.351 e. The number of rotatable bonds is 11. The van der Waals surface area contributed by atoms with Gasteiger partial charge in [-0.05, 0) is 87.5 Å². The Morgan fingerprint density at radius 2 is 1.58 bits per heavy atom. The van der Waals surface area contributed by atoms with Crippen LogP contribution in [0.5, 0.6) is 11.5 Å². The first kappa shape index (κ1) is 38.8. The van der Waals surface area contributed by atoms with Gasteiger partial charge in [-0.2, -0.15) is 4.68 Å². The van der Waals surface area contributed by atoms with Crippen molar-refractivity contribution in [1.82, 2.24) is 38.8 Å². The zero-order valence-electron chi connectivity index (χ0n) is 34.1. The average Bonchev–Trinajstić information content (AvgIpc) is 3.56. The number of methoxy groups -OCH3 is 2. The minimum Gasteiger partial charge on any atom is -0.496 e. The third-order valence-electron chi connectivity index (χ3n) is 12.9. The Kier molecular flexibility index (Phi) is 10.6. The molecule has 2 amide bonds. The number of aryl methyl sites for hydroxylation is 1. The summed E-state index contributed by atoms with van der Waals surface area (Å²) in [4.78, 5) is 64.4. The normalized spacial score (nSPS) is 19.7. The van der Waals surface area contributed by atoms with Crippen molar-refractivity contribution in [2.45, 2.75) is 51.1 Å². The summed E-state index contributed by atoms with van der Waals surface area (Å²) in [6.45, 7) is 9.45. The molecule has 0 bridgehead atoms. The lowest BCUT2D eigenvalue weighted by Gasteiger charge is -2.37. The van der Waals surface area contributed by atoms with Crippen LogP contribution < -0.4 is 35.8 Å². The first-order valence-corrected chi connectivity index (χ1v) is 20.8. The molecule has 310 valence electrons. The Bertz CT molecular complexity index is 2500. The Labute approximate surface area is 341 Å². The first-order chi connectivity index (χ1) is 28.7.